The van der Waals surface area contributed by atoms with Gasteiger partial charge in [0.15, 0.2) is 0 Å². The van der Waals surface area contributed by atoms with Gasteiger partial charge >= 0.3 is 5.97 Å². The molecule has 2 rings (SSSR count). The molecule has 1 fully saturated rings. The van der Waals surface area contributed by atoms with Gasteiger partial charge in [-0.15, -0.1) is 0 Å². The Bertz CT molecular complexity index is 526. The molecule has 1 aromatic carbocycles. The fourth-order valence-corrected chi connectivity index (χ4v) is 2.46. The van der Waals surface area contributed by atoms with E-state index in [1.165, 1.54) is 0 Å². The van der Waals surface area contributed by atoms with E-state index in [4.69, 9.17) is 4.74 Å². The second-order valence-electron chi connectivity index (χ2n) is 4.88. The number of rotatable bonds is 5. The number of benzene rings is 1. The highest BCUT2D eigenvalue weighted by molar-refractivity contribution is 9.10. The summed E-state index contributed by atoms with van der Waals surface area (Å²) in [5.74, 6) is -0.445. The number of hydrogen-bond acceptors (Lipinski definition) is 3. The molecule has 0 heterocycles. The number of carbonyl (C=O) groups is 2. The Balaban J connectivity index is 2.19. The lowest BCUT2D eigenvalue weighted by atomic mass is 10.1. The summed E-state index contributed by atoms with van der Waals surface area (Å²) < 4.78 is 5.85. The topological polar surface area (TPSA) is 46.6 Å². The molecule has 0 aliphatic heterocycles. The summed E-state index contributed by atoms with van der Waals surface area (Å²) in [5, 5.41) is 0. The molecule has 0 atom stereocenters. The van der Waals surface area contributed by atoms with Gasteiger partial charge in [-0.05, 0) is 44.4 Å². The zero-order valence-electron chi connectivity index (χ0n) is 11.7. The predicted octanol–water partition coefficient (Wildman–Crippen LogP) is 2.93. The van der Waals surface area contributed by atoms with Crippen LogP contribution in [0.15, 0.2) is 22.7 Å². The van der Waals surface area contributed by atoms with Gasteiger partial charge in [0.1, 0.15) is 6.54 Å². The maximum atomic E-state index is 12.6. The van der Waals surface area contributed by atoms with Gasteiger partial charge in [-0.2, -0.15) is 0 Å². The Morgan fingerprint density at radius 2 is 2.10 bits per heavy atom. The normalized spacial score (nSPS) is 13.9. The zero-order chi connectivity index (χ0) is 14.7. The Morgan fingerprint density at radius 1 is 1.40 bits per heavy atom. The van der Waals surface area contributed by atoms with Crippen LogP contribution in [0.3, 0.4) is 0 Å². The third-order valence-electron chi connectivity index (χ3n) is 3.35. The summed E-state index contributed by atoms with van der Waals surface area (Å²) in [6.45, 7) is 4.02. The first-order valence-electron chi connectivity index (χ1n) is 6.76. The van der Waals surface area contributed by atoms with Crippen LogP contribution in [0, 0.1) is 6.92 Å². The minimum absolute atomic E-state index is 0.0310. The summed E-state index contributed by atoms with van der Waals surface area (Å²) in [7, 11) is 0. The van der Waals surface area contributed by atoms with E-state index in [1.807, 2.05) is 19.1 Å². The molecule has 0 spiro atoms. The lowest BCUT2D eigenvalue weighted by Gasteiger charge is -2.22. The SMILES string of the molecule is CCOC(=O)CN(C(=O)c1cccc(Br)c1C)C1CC1. The van der Waals surface area contributed by atoms with E-state index in [9.17, 15) is 9.59 Å². The number of hydrogen-bond donors (Lipinski definition) is 0. The van der Waals surface area contributed by atoms with Crippen LogP contribution in [0.25, 0.3) is 0 Å². The number of carbonyl (C=O) groups excluding carboxylic acids is 2. The number of esters is 1. The van der Waals surface area contributed by atoms with Crippen LogP contribution in [-0.2, 0) is 9.53 Å². The maximum Gasteiger partial charge on any atom is 0.325 e. The second kappa shape index (κ2) is 6.39. The van der Waals surface area contributed by atoms with Gasteiger partial charge < -0.3 is 9.64 Å². The van der Waals surface area contributed by atoms with Crippen molar-refractivity contribution in [3.05, 3.63) is 33.8 Å². The van der Waals surface area contributed by atoms with Crippen molar-refractivity contribution in [2.24, 2.45) is 0 Å². The van der Waals surface area contributed by atoms with Gasteiger partial charge in [0.25, 0.3) is 5.91 Å². The van der Waals surface area contributed by atoms with Crippen LogP contribution >= 0.6 is 15.9 Å². The van der Waals surface area contributed by atoms with Crippen molar-refractivity contribution in [1.29, 1.82) is 0 Å². The quantitative estimate of drug-likeness (QED) is 0.775. The van der Waals surface area contributed by atoms with Gasteiger partial charge in [-0.3, -0.25) is 9.59 Å². The molecular formula is C15H18BrNO3. The Labute approximate surface area is 127 Å². The minimum atomic E-state index is -0.347. The first-order chi connectivity index (χ1) is 9.54. The molecule has 1 aromatic rings. The van der Waals surface area contributed by atoms with Crippen molar-refractivity contribution >= 4 is 27.8 Å². The van der Waals surface area contributed by atoms with E-state index in [0.29, 0.717) is 12.2 Å². The number of amides is 1. The third-order valence-corrected chi connectivity index (χ3v) is 4.21. The summed E-state index contributed by atoms with van der Waals surface area (Å²) in [4.78, 5) is 25.9. The monoisotopic (exact) mass is 339 g/mol. The van der Waals surface area contributed by atoms with Crippen LogP contribution in [0.5, 0.6) is 0 Å². The van der Waals surface area contributed by atoms with Crippen LogP contribution in [0.2, 0.25) is 0 Å². The summed E-state index contributed by atoms with van der Waals surface area (Å²) in [6.07, 6.45) is 1.91. The standard InChI is InChI=1S/C15H18BrNO3/c1-3-20-14(18)9-17(11-7-8-11)15(19)12-5-4-6-13(16)10(12)2/h4-6,11H,3,7-9H2,1-2H3. The summed E-state index contributed by atoms with van der Waals surface area (Å²) in [5.41, 5.74) is 1.53. The van der Waals surface area contributed by atoms with Crippen molar-refractivity contribution in [2.75, 3.05) is 13.2 Å². The molecule has 5 heteroatoms. The van der Waals surface area contributed by atoms with E-state index in [2.05, 4.69) is 15.9 Å². The maximum absolute atomic E-state index is 12.6. The average molecular weight is 340 g/mol. The molecule has 0 bridgehead atoms. The molecule has 1 aliphatic carbocycles. The van der Waals surface area contributed by atoms with Gasteiger partial charge in [0.05, 0.1) is 6.61 Å². The molecule has 0 aromatic heterocycles. The molecule has 20 heavy (non-hydrogen) atoms. The fourth-order valence-electron chi connectivity index (χ4n) is 2.09. The van der Waals surface area contributed by atoms with Crippen molar-refractivity contribution in [3.8, 4) is 0 Å². The molecule has 0 saturated heterocycles. The van der Waals surface area contributed by atoms with Crippen molar-refractivity contribution < 1.29 is 14.3 Å². The summed E-state index contributed by atoms with van der Waals surface area (Å²) in [6, 6.07) is 5.70. The molecule has 0 N–H and O–H groups in total. The smallest absolute Gasteiger partial charge is 0.325 e. The predicted molar refractivity (Wildman–Crippen MR) is 79.6 cm³/mol. The molecule has 108 valence electrons. The molecular weight excluding hydrogens is 322 g/mol. The summed E-state index contributed by atoms with van der Waals surface area (Å²) >= 11 is 3.43. The van der Waals surface area contributed by atoms with Gasteiger partial charge in [-0.25, -0.2) is 0 Å². The van der Waals surface area contributed by atoms with Crippen molar-refractivity contribution in [1.82, 2.24) is 4.90 Å². The third kappa shape index (κ3) is 3.39. The molecule has 4 nitrogen and oxygen atoms in total. The first kappa shape index (κ1) is 15.0. The Kier molecular flexibility index (Phi) is 4.81. The molecule has 0 radical (unpaired) electrons. The zero-order valence-corrected chi connectivity index (χ0v) is 13.3. The van der Waals surface area contributed by atoms with E-state index in [1.54, 1.807) is 17.9 Å². The molecule has 1 amide bonds. The first-order valence-corrected chi connectivity index (χ1v) is 7.55. The molecule has 1 saturated carbocycles. The van der Waals surface area contributed by atoms with E-state index >= 15 is 0 Å². The minimum Gasteiger partial charge on any atom is -0.465 e. The molecule has 0 unspecified atom stereocenters. The van der Waals surface area contributed by atoms with E-state index in [0.717, 1.165) is 22.9 Å². The van der Waals surface area contributed by atoms with Crippen LogP contribution in [-0.4, -0.2) is 36.0 Å². The highest BCUT2D eigenvalue weighted by Crippen LogP contribution is 2.29. The highest BCUT2D eigenvalue weighted by atomic mass is 79.9. The lowest BCUT2D eigenvalue weighted by Crippen LogP contribution is -2.38. The average Bonchev–Trinajstić information content (AvgIpc) is 3.23. The van der Waals surface area contributed by atoms with Crippen LogP contribution < -0.4 is 0 Å². The van der Waals surface area contributed by atoms with E-state index in [-0.39, 0.29) is 24.5 Å². The van der Waals surface area contributed by atoms with Gasteiger partial charge in [0.2, 0.25) is 0 Å². The highest BCUT2D eigenvalue weighted by Gasteiger charge is 2.35. The van der Waals surface area contributed by atoms with Crippen LogP contribution in [0.1, 0.15) is 35.7 Å². The number of halogens is 1. The lowest BCUT2D eigenvalue weighted by molar-refractivity contribution is -0.144. The van der Waals surface area contributed by atoms with E-state index < -0.39 is 0 Å². The van der Waals surface area contributed by atoms with Crippen molar-refractivity contribution in [3.63, 3.8) is 0 Å². The largest absolute Gasteiger partial charge is 0.465 e. The fraction of sp³-hybridized carbons (Fsp3) is 0.467. The Hall–Kier alpha value is -1.36. The Morgan fingerprint density at radius 3 is 2.70 bits per heavy atom. The second-order valence-corrected chi connectivity index (χ2v) is 5.74. The number of ether oxygens (including phenoxy) is 1. The van der Waals surface area contributed by atoms with Gasteiger partial charge in [0, 0.05) is 16.1 Å². The van der Waals surface area contributed by atoms with Crippen LogP contribution in [0.4, 0.5) is 0 Å². The number of nitrogens with zero attached hydrogens (tertiary/aromatic N) is 1. The van der Waals surface area contributed by atoms with Gasteiger partial charge in [-0.1, -0.05) is 22.0 Å². The molecule has 1 aliphatic rings. The van der Waals surface area contributed by atoms with Crippen molar-refractivity contribution in [2.45, 2.75) is 32.7 Å².